The van der Waals surface area contributed by atoms with Gasteiger partial charge in [0.25, 0.3) is 0 Å². The molecule has 90 heavy (non-hydrogen) atoms. The second kappa shape index (κ2) is 59.2. The van der Waals surface area contributed by atoms with Crippen LogP contribution in [0.2, 0.25) is 0 Å². The molecule has 2 aliphatic rings. The summed E-state index contributed by atoms with van der Waals surface area (Å²) >= 11 is 0. The maximum absolute atomic E-state index is 13.3. The van der Waals surface area contributed by atoms with E-state index in [1.54, 1.807) is 6.08 Å². The average Bonchev–Trinajstić information content (AvgIpc) is 1.41. The van der Waals surface area contributed by atoms with Gasteiger partial charge in [-0.25, -0.2) is 0 Å². The molecule has 14 nitrogen and oxygen atoms in total. The fourth-order valence-corrected chi connectivity index (χ4v) is 11.0. The monoisotopic (exact) mass is 1260 g/mol. The number of hydrogen-bond donors (Lipinski definition) is 9. The fraction of sp³-hybridized carbons (Fsp3) is 0.724. The highest BCUT2D eigenvalue weighted by Crippen LogP contribution is 2.30. The van der Waals surface area contributed by atoms with E-state index in [0.717, 1.165) is 103 Å². The number of allylic oxidation sites excluding steroid dienone is 19. The highest BCUT2D eigenvalue weighted by atomic mass is 16.7. The van der Waals surface area contributed by atoms with Gasteiger partial charge in [0.1, 0.15) is 48.8 Å². The van der Waals surface area contributed by atoms with Crippen molar-refractivity contribution in [2.24, 2.45) is 0 Å². The molecule has 2 saturated heterocycles. The maximum atomic E-state index is 13.3. The van der Waals surface area contributed by atoms with Crippen LogP contribution in [0.3, 0.4) is 0 Å². The van der Waals surface area contributed by atoms with Crippen LogP contribution in [-0.2, 0) is 23.7 Å². The van der Waals surface area contributed by atoms with E-state index in [4.69, 9.17) is 18.9 Å². The molecule has 0 bridgehead atoms. The molecule has 12 atom stereocenters. The summed E-state index contributed by atoms with van der Waals surface area (Å²) in [6.07, 6.45) is 69.7. The van der Waals surface area contributed by atoms with E-state index < -0.39 is 86.8 Å². The van der Waals surface area contributed by atoms with Crippen molar-refractivity contribution in [2.45, 2.75) is 331 Å². The molecule has 2 aliphatic heterocycles. The van der Waals surface area contributed by atoms with Gasteiger partial charge in [0, 0.05) is 6.42 Å². The molecule has 0 spiro atoms. The number of ether oxygens (including phenoxy) is 4. The van der Waals surface area contributed by atoms with Crippen molar-refractivity contribution in [3.05, 3.63) is 122 Å². The minimum absolute atomic E-state index is 0.239. The van der Waals surface area contributed by atoms with E-state index in [1.165, 1.54) is 122 Å². The van der Waals surface area contributed by atoms with Crippen LogP contribution in [0.4, 0.5) is 0 Å². The van der Waals surface area contributed by atoms with Crippen molar-refractivity contribution < 1.29 is 64.6 Å². The van der Waals surface area contributed by atoms with E-state index in [0.29, 0.717) is 12.8 Å². The quantitative estimate of drug-likeness (QED) is 0.0204. The summed E-state index contributed by atoms with van der Waals surface area (Å²) in [7, 11) is 0. The second-order valence-corrected chi connectivity index (χ2v) is 24.6. The lowest BCUT2D eigenvalue weighted by Crippen LogP contribution is -2.65. The standard InChI is InChI=1S/C76H129NO13/c1-3-5-7-9-11-13-15-17-19-21-23-25-27-29-31-32-34-35-37-39-41-43-45-47-49-51-53-55-57-59-65(80)64(63-87-75-73(86)71(84)74(67(62-79)89-75)90-76-72(85)70(83)69(82)66(61-78)88-76)77-68(81)60-58-56-54-52-50-48-46-44-42-40-38-36-33-30-28-26-24-22-20-18-16-14-12-10-8-6-4-2/h6,8,12,14,18,20,24,26,30,33,38,40-41,43-44,46,49,51,57,59,64-67,69-76,78-80,82-86H,3-5,7,9-11,13,15-17,19,21-23,25,27-29,31-32,34-37,39,42,45,47-48,50,52-56,58,60-63H2,1-2H3,(H,77,81)/b8-6-,14-12-,20-18-,26-24-,33-30-,40-38-,43-41+,46-44-,51-49+,59-57+. The minimum atomic E-state index is -1.80. The summed E-state index contributed by atoms with van der Waals surface area (Å²) in [5.41, 5.74) is 0. The third-order valence-electron chi connectivity index (χ3n) is 16.6. The van der Waals surface area contributed by atoms with Crippen LogP contribution in [0, 0.1) is 0 Å². The van der Waals surface area contributed by atoms with Crippen LogP contribution in [0.1, 0.15) is 258 Å². The molecule has 2 heterocycles. The summed E-state index contributed by atoms with van der Waals surface area (Å²) in [6.45, 7) is 2.66. The predicted octanol–water partition coefficient (Wildman–Crippen LogP) is 14.9. The van der Waals surface area contributed by atoms with Crippen molar-refractivity contribution in [1.82, 2.24) is 5.32 Å². The van der Waals surface area contributed by atoms with Crippen molar-refractivity contribution >= 4 is 5.91 Å². The van der Waals surface area contributed by atoms with Crippen LogP contribution >= 0.6 is 0 Å². The van der Waals surface area contributed by atoms with Crippen LogP contribution < -0.4 is 5.32 Å². The highest BCUT2D eigenvalue weighted by Gasteiger charge is 2.51. The van der Waals surface area contributed by atoms with Crippen molar-refractivity contribution in [3.63, 3.8) is 0 Å². The number of amides is 1. The lowest BCUT2D eigenvalue weighted by molar-refractivity contribution is -0.359. The average molecular weight is 1260 g/mol. The molecule has 1 amide bonds. The SMILES string of the molecule is CC/C=C\C/C=C\C/C=C\C/C=C\C/C=C\C/C=C\C/C=C\CCCCCCCC(=O)NC(COC1OC(CO)C(OC2OC(CO)C(O)C(O)C2O)C(O)C1O)C(O)/C=C/CC/C=C/CC/C=C/CCCCCCCCCCCCCCCCCCCCC. The van der Waals surface area contributed by atoms with Gasteiger partial charge >= 0.3 is 0 Å². The minimum Gasteiger partial charge on any atom is -0.394 e. The first kappa shape index (κ1) is 82.5. The van der Waals surface area contributed by atoms with Crippen molar-refractivity contribution in [3.8, 4) is 0 Å². The Labute approximate surface area is 546 Å². The molecule has 0 aromatic heterocycles. The molecule has 0 aromatic carbocycles. The smallest absolute Gasteiger partial charge is 0.220 e. The topological polar surface area (TPSA) is 228 Å². The number of hydrogen-bond acceptors (Lipinski definition) is 13. The Morgan fingerprint density at radius 2 is 0.778 bits per heavy atom. The molecule has 2 fully saturated rings. The fourth-order valence-electron chi connectivity index (χ4n) is 11.0. The van der Waals surface area contributed by atoms with Gasteiger partial charge in [-0.3, -0.25) is 4.79 Å². The van der Waals surface area contributed by atoms with E-state index in [1.807, 2.05) is 6.08 Å². The first-order valence-corrected chi connectivity index (χ1v) is 35.8. The molecule has 0 radical (unpaired) electrons. The summed E-state index contributed by atoms with van der Waals surface area (Å²) in [5.74, 6) is -0.276. The van der Waals surface area contributed by atoms with E-state index >= 15 is 0 Å². The summed E-state index contributed by atoms with van der Waals surface area (Å²) in [4.78, 5) is 13.3. The summed E-state index contributed by atoms with van der Waals surface area (Å²) < 4.78 is 22.8. The van der Waals surface area contributed by atoms with Crippen LogP contribution in [0.25, 0.3) is 0 Å². The zero-order chi connectivity index (χ0) is 65.2. The first-order valence-electron chi connectivity index (χ1n) is 35.8. The zero-order valence-electron chi connectivity index (χ0n) is 56.1. The molecule has 516 valence electrons. The van der Waals surface area contributed by atoms with E-state index in [2.05, 4.69) is 129 Å². The molecule has 0 aliphatic carbocycles. The van der Waals surface area contributed by atoms with Gasteiger partial charge in [-0.15, -0.1) is 0 Å². The first-order chi connectivity index (χ1) is 44.1. The van der Waals surface area contributed by atoms with Crippen molar-refractivity contribution in [2.75, 3.05) is 19.8 Å². The maximum Gasteiger partial charge on any atom is 0.220 e. The lowest BCUT2D eigenvalue weighted by Gasteiger charge is -2.46. The van der Waals surface area contributed by atoms with Gasteiger partial charge in [0.2, 0.25) is 5.91 Å². The highest BCUT2D eigenvalue weighted by molar-refractivity contribution is 5.76. The van der Waals surface area contributed by atoms with E-state index in [-0.39, 0.29) is 18.9 Å². The molecule has 14 heteroatoms. The molecular weight excluding hydrogens is 1130 g/mol. The molecule has 0 aromatic rings. The van der Waals surface area contributed by atoms with Gasteiger partial charge < -0.3 is 65.1 Å². The van der Waals surface area contributed by atoms with Crippen molar-refractivity contribution in [1.29, 1.82) is 0 Å². The Morgan fingerprint density at radius 1 is 0.411 bits per heavy atom. The largest absolute Gasteiger partial charge is 0.394 e. The number of aliphatic hydroxyl groups excluding tert-OH is 8. The number of unbranched alkanes of at least 4 members (excludes halogenated alkanes) is 26. The molecule has 9 N–H and O–H groups in total. The van der Waals surface area contributed by atoms with Gasteiger partial charge in [0.15, 0.2) is 12.6 Å². The number of aliphatic hydroxyl groups is 8. The van der Waals surface area contributed by atoms with Crippen LogP contribution in [-0.4, -0.2) is 140 Å². The third-order valence-corrected chi connectivity index (χ3v) is 16.6. The Bertz CT molecular complexity index is 1980. The Morgan fingerprint density at radius 3 is 1.22 bits per heavy atom. The number of carbonyl (C=O) groups is 1. The lowest BCUT2D eigenvalue weighted by atomic mass is 9.97. The Hall–Kier alpha value is -3.61. The normalized spacial score (nSPS) is 23.7. The number of nitrogens with one attached hydrogen (secondary N) is 1. The molecule has 2 rings (SSSR count). The third kappa shape index (κ3) is 42.6. The Kier molecular flexibility index (Phi) is 54.2. The predicted molar refractivity (Wildman–Crippen MR) is 368 cm³/mol. The second-order valence-electron chi connectivity index (χ2n) is 24.6. The molecule has 12 unspecified atom stereocenters. The van der Waals surface area contributed by atoms with Gasteiger partial charge in [-0.05, 0) is 103 Å². The Balaban J connectivity index is 1.73. The zero-order valence-corrected chi connectivity index (χ0v) is 56.1. The summed E-state index contributed by atoms with van der Waals surface area (Å²) in [6, 6.07) is -0.960. The summed E-state index contributed by atoms with van der Waals surface area (Å²) in [5, 5.41) is 87.4. The van der Waals surface area contributed by atoms with Crippen LogP contribution in [0.15, 0.2) is 122 Å². The van der Waals surface area contributed by atoms with E-state index in [9.17, 15) is 45.6 Å². The molecule has 0 saturated carbocycles. The number of rotatable bonds is 57. The van der Waals surface area contributed by atoms with Crippen LogP contribution in [0.5, 0.6) is 0 Å². The van der Waals surface area contributed by atoms with Gasteiger partial charge in [-0.2, -0.15) is 0 Å². The van der Waals surface area contributed by atoms with Gasteiger partial charge in [0.05, 0.1) is 32.0 Å². The molecular formula is C76H129NO13. The van der Waals surface area contributed by atoms with Gasteiger partial charge in [-0.1, -0.05) is 270 Å². The number of carbonyl (C=O) groups excluding carboxylic acids is 1.